The summed E-state index contributed by atoms with van der Waals surface area (Å²) in [7, 11) is 0. The molecule has 0 saturated heterocycles. The smallest absolute Gasteiger partial charge is 0.176 e. The predicted molar refractivity (Wildman–Crippen MR) is 50.0 cm³/mol. The first kappa shape index (κ1) is 7.75. The monoisotopic (exact) mass is 175 g/mol. The number of amidine groups is 2. The lowest BCUT2D eigenvalue weighted by Crippen LogP contribution is -2.37. The largest absolute Gasteiger partial charge is 0.321 e. The van der Waals surface area contributed by atoms with Gasteiger partial charge in [0.2, 0.25) is 0 Å². The van der Waals surface area contributed by atoms with E-state index in [4.69, 9.17) is 17.1 Å². The van der Waals surface area contributed by atoms with Crippen LogP contribution in [-0.4, -0.2) is 16.7 Å². The zero-order chi connectivity index (χ0) is 9.42. The number of hydrogen-bond acceptors (Lipinski definition) is 4. The van der Waals surface area contributed by atoms with Crippen molar-refractivity contribution in [1.82, 2.24) is 5.01 Å². The molecule has 13 heavy (non-hydrogen) atoms. The van der Waals surface area contributed by atoms with Crippen LogP contribution >= 0.6 is 0 Å². The van der Waals surface area contributed by atoms with E-state index in [0.29, 0.717) is 5.84 Å². The maximum absolute atomic E-state index is 7.63. The van der Waals surface area contributed by atoms with Crippen LogP contribution in [0, 0.1) is 5.41 Å². The number of nitrogens with zero attached hydrogens (tertiary/aromatic N) is 2. The van der Waals surface area contributed by atoms with E-state index in [1.807, 2.05) is 24.3 Å². The molecule has 1 aromatic carbocycles. The van der Waals surface area contributed by atoms with E-state index in [2.05, 4.69) is 5.10 Å². The maximum atomic E-state index is 7.63. The summed E-state index contributed by atoms with van der Waals surface area (Å²) in [5.41, 5.74) is 1.56. The fourth-order valence-electron chi connectivity index (χ4n) is 1.38. The fourth-order valence-corrected chi connectivity index (χ4v) is 1.38. The van der Waals surface area contributed by atoms with Gasteiger partial charge in [0.1, 0.15) is 5.84 Å². The van der Waals surface area contributed by atoms with Crippen LogP contribution in [-0.2, 0) is 0 Å². The molecule has 2 rings (SSSR count). The third kappa shape index (κ3) is 0.907. The molecule has 0 radical (unpaired) electrons. The van der Waals surface area contributed by atoms with E-state index in [0.717, 1.165) is 11.1 Å². The van der Waals surface area contributed by atoms with E-state index < -0.39 is 0 Å². The standard InChI is InChI=1S/C8H9N5/c9-7-5-3-1-2-4-6(5)8(12-10)13(7)11/h1-4,9H,10-11H2. The average molecular weight is 175 g/mol. The van der Waals surface area contributed by atoms with E-state index in [-0.39, 0.29) is 5.84 Å². The highest BCUT2D eigenvalue weighted by Gasteiger charge is 2.27. The molecular weight excluding hydrogens is 166 g/mol. The van der Waals surface area contributed by atoms with Crippen LogP contribution < -0.4 is 11.7 Å². The SMILES string of the molecule is N=C1c2ccccc2C(=NN)N1N. The van der Waals surface area contributed by atoms with Crippen LogP contribution in [0.5, 0.6) is 0 Å². The Hall–Kier alpha value is -1.88. The zero-order valence-corrected chi connectivity index (χ0v) is 6.86. The molecule has 0 amide bonds. The lowest BCUT2D eigenvalue weighted by atomic mass is 10.1. The summed E-state index contributed by atoms with van der Waals surface area (Å²) in [6, 6.07) is 7.36. The number of rotatable bonds is 0. The van der Waals surface area contributed by atoms with Crippen molar-refractivity contribution in [3.63, 3.8) is 0 Å². The quantitative estimate of drug-likeness (QED) is 0.377. The Bertz CT molecular complexity index is 395. The molecule has 0 fully saturated rings. The summed E-state index contributed by atoms with van der Waals surface area (Å²) in [6.45, 7) is 0. The molecule has 0 unspecified atom stereocenters. The first-order valence-electron chi connectivity index (χ1n) is 3.76. The highest BCUT2D eigenvalue weighted by molar-refractivity contribution is 6.23. The van der Waals surface area contributed by atoms with Gasteiger partial charge in [0.15, 0.2) is 5.84 Å². The van der Waals surface area contributed by atoms with Crippen molar-refractivity contribution in [1.29, 1.82) is 5.41 Å². The van der Waals surface area contributed by atoms with E-state index in [9.17, 15) is 0 Å². The summed E-state index contributed by atoms with van der Waals surface area (Å²) in [5, 5.41) is 12.3. The Morgan fingerprint density at radius 1 is 1.23 bits per heavy atom. The minimum atomic E-state index is 0.222. The Morgan fingerprint density at radius 3 is 2.46 bits per heavy atom. The van der Waals surface area contributed by atoms with Gasteiger partial charge in [-0.25, -0.2) is 10.9 Å². The van der Waals surface area contributed by atoms with Gasteiger partial charge in [-0.1, -0.05) is 24.3 Å². The van der Waals surface area contributed by atoms with Gasteiger partial charge < -0.3 is 5.84 Å². The molecular formula is C8H9N5. The normalized spacial score (nSPS) is 18.1. The third-order valence-corrected chi connectivity index (χ3v) is 2.01. The van der Waals surface area contributed by atoms with Gasteiger partial charge in [-0.2, -0.15) is 5.10 Å². The maximum Gasteiger partial charge on any atom is 0.176 e. The van der Waals surface area contributed by atoms with Gasteiger partial charge in [-0.05, 0) is 0 Å². The van der Waals surface area contributed by atoms with Gasteiger partial charge in [-0.3, -0.25) is 5.41 Å². The predicted octanol–water partition coefficient (Wildman–Crippen LogP) is -0.178. The molecule has 0 spiro atoms. The second-order valence-electron chi connectivity index (χ2n) is 2.72. The Labute approximate surface area is 75.1 Å². The summed E-state index contributed by atoms with van der Waals surface area (Å²) in [6.07, 6.45) is 0. The molecule has 0 atom stereocenters. The van der Waals surface area contributed by atoms with Crippen molar-refractivity contribution in [2.24, 2.45) is 16.8 Å². The van der Waals surface area contributed by atoms with Crippen LogP contribution in [0.2, 0.25) is 0 Å². The highest BCUT2D eigenvalue weighted by atomic mass is 15.5. The lowest BCUT2D eigenvalue weighted by molar-refractivity contribution is 0.661. The second-order valence-corrected chi connectivity index (χ2v) is 2.72. The lowest BCUT2D eigenvalue weighted by Gasteiger charge is -2.09. The van der Waals surface area contributed by atoms with Crippen LogP contribution in [0.3, 0.4) is 0 Å². The van der Waals surface area contributed by atoms with Gasteiger partial charge in [0.25, 0.3) is 0 Å². The van der Waals surface area contributed by atoms with Gasteiger partial charge in [0, 0.05) is 11.1 Å². The molecule has 0 saturated carbocycles. The summed E-state index contributed by atoms with van der Waals surface area (Å²) >= 11 is 0. The molecule has 1 aliphatic heterocycles. The van der Waals surface area contributed by atoms with Crippen molar-refractivity contribution in [2.45, 2.75) is 0 Å². The van der Waals surface area contributed by atoms with Crippen molar-refractivity contribution >= 4 is 11.7 Å². The Morgan fingerprint density at radius 2 is 1.85 bits per heavy atom. The molecule has 5 heteroatoms. The number of benzene rings is 1. The highest BCUT2D eigenvalue weighted by Crippen LogP contribution is 2.19. The molecule has 1 aromatic rings. The van der Waals surface area contributed by atoms with Gasteiger partial charge >= 0.3 is 0 Å². The number of nitrogens with one attached hydrogen (secondary N) is 1. The second kappa shape index (κ2) is 2.56. The molecule has 0 aliphatic carbocycles. The molecule has 0 aromatic heterocycles. The van der Waals surface area contributed by atoms with Crippen LogP contribution in [0.4, 0.5) is 0 Å². The molecule has 0 bridgehead atoms. The number of fused-ring (bicyclic) bond motifs is 1. The summed E-state index contributed by atoms with van der Waals surface area (Å²) < 4.78 is 0. The van der Waals surface area contributed by atoms with Gasteiger partial charge in [0.05, 0.1) is 0 Å². The topological polar surface area (TPSA) is 91.5 Å². The number of hydrazone groups is 1. The third-order valence-electron chi connectivity index (χ3n) is 2.01. The first-order valence-corrected chi connectivity index (χ1v) is 3.76. The number of hydrazine groups is 1. The minimum absolute atomic E-state index is 0.222. The average Bonchev–Trinajstić information content (AvgIpc) is 2.41. The van der Waals surface area contributed by atoms with E-state index in [1.165, 1.54) is 5.01 Å². The Balaban J connectivity index is 2.67. The van der Waals surface area contributed by atoms with Crippen molar-refractivity contribution in [2.75, 3.05) is 0 Å². The van der Waals surface area contributed by atoms with Gasteiger partial charge in [-0.15, -0.1) is 0 Å². The van der Waals surface area contributed by atoms with Crippen LogP contribution in [0.25, 0.3) is 0 Å². The van der Waals surface area contributed by atoms with E-state index >= 15 is 0 Å². The summed E-state index contributed by atoms with van der Waals surface area (Å²) in [5.74, 6) is 11.4. The van der Waals surface area contributed by atoms with Crippen LogP contribution in [0.15, 0.2) is 29.4 Å². The van der Waals surface area contributed by atoms with Crippen molar-refractivity contribution < 1.29 is 0 Å². The molecule has 5 N–H and O–H groups in total. The van der Waals surface area contributed by atoms with Crippen molar-refractivity contribution in [3.05, 3.63) is 35.4 Å². The van der Waals surface area contributed by atoms with Crippen molar-refractivity contribution in [3.8, 4) is 0 Å². The summed E-state index contributed by atoms with van der Waals surface area (Å²) in [4.78, 5) is 0. The first-order chi connectivity index (χ1) is 6.25. The molecule has 66 valence electrons. The minimum Gasteiger partial charge on any atom is -0.321 e. The number of nitrogens with two attached hydrogens (primary N) is 2. The molecule has 1 heterocycles. The zero-order valence-electron chi connectivity index (χ0n) is 6.86. The van der Waals surface area contributed by atoms with E-state index in [1.54, 1.807) is 0 Å². The molecule has 5 nitrogen and oxygen atoms in total. The number of hydrogen-bond donors (Lipinski definition) is 3. The molecule has 1 aliphatic rings. The van der Waals surface area contributed by atoms with Crippen LogP contribution in [0.1, 0.15) is 11.1 Å². The fraction of sp³-hybridized carbons (Fsp3) is 0. The Kier molecular flexibility index (Phi) is 1.53.